The van der Waals surface area contributed by atoms with Gasteiger partial charge in [0.15, 0.2) is 0 Å². The molecule has 18 heavy (non-hydrogen) atoms. The number of hydrogen-bond acceptors (Lipinski definition) is 4. The number of aryl methyl sites for hydroxylation is 1. The molecule has 1 atom stereocenters. The molecule has 0 fully saturated rings. The normalized spacial score (nSPS) is 17.7. The van der Waals surface area contributed by atoms with Crippen molar-refractivity contribution in [3.8, 4) is 0 Å². The Morgan fingerprint density at radius 1 is 1.39 bits per heavy atom. The molecule has 1 aliphatic heterocycles. The first-order valence-electron chi connectivity index (χ1n) is 6.33. The number of fused-ring (bicyclic) bond motifs is 1. The Labute approximate surface area is 116 Å². The molecule has 0 spiro atoms. The lowest BCUT2D eigenvalue weighted by molar-refractivity contribution is 0.188. The van der Waals surface area contributed by atoms with Gasteiger partial charge in [-0.1, -0.05) is 0 Å². The summed E-state index contributed by atoms with van der Waals surface area (Å²) in [7, 11) is 0. The third-order valence-electron chi connectivity index (χ3n) is 3.59. The molecule has 2 aromatic rings. The largest absolute Gasteiger partial charge is 0.329 e. The summed E-state index contributed by atoms with van der Waals surface area (Å²) in [6.45, 7) is 5.05. The maximum absolute atomic E-state index is 6.01. The van der Waals surface area contributed by atoms with Crippen LogP contribution in [0.2, 0.25) is 0 Å². The topological polar surface area (TPSA) is 29.3 Å². The average molecular weight is 278 g/mol. The molecule has 1 unspecified atom stereocenters. The Kier molecular flexibility index (Phi) is 3.52. The fourth-order valence-corrected chi connectivity index (χ4v) is 4.53. The van der Waals surface area contributed by atoms with E-state index in [0.717, 1.165) is 13.1 Å². The van der Waals surface area contributed by atoms with E-state index in [0.29, 0.717) is 12.6 Å². The number of nitrogens with two attached hydrogens (primary N) is 1. The number of nitrogens with zero attached hydrogens (tertiary/aromatic N) is 1. The van der Waals surface area contributed by atoms with Crippen LogP contribution in [0.5, 0.6) is 0 Å². The van der Waals surface area contributed by atoms with E-state index in [9.17, 15) is 0 Å². The van der Waals surface area contributed by atoms with Crippen LogP contribution in [0.15, 0.2) is 23.6 Å². The molecule has 4 heteroatoms. The first-order valence-corrected chi connectivity index (χ1v) is 8.03. The highest BCUT2D eigenvalue weighted by Crippen LogP contribution is 2.32. The molecule has 3 heterocycles. The second-order valence-electron chi connectivity index (χ2n) is 4.79. The molecule has 0 aliphatic carbocycles. The summed E-state index contributed by atoms with van der Waals surface area (Å²) < 4.78 is 0. The second kappa shape index (κ2) is 5.13. The maximum Gasteiger partial charge on any atom is 0.0567 e. The monoisotopic (exact) mass is 278 g/mol. The van der Waals surface area contributed by atoms with E-state index in [1.54, 1.807) is 4.88 Å². The lowest BCUT2D eigenvalue weighted by Crippen LogP contribution is -2.36. The highest BCUT2D eigenvalue weighted by molar-refractivity contribution is 7.12. The minimum atomic E-state index is 0.386. The molecule has 0 saturated carbocycles. The van der Waals surface area contributed by atoms with E-state index >= 15 is 0 Å². The van der Waals surface area contributed by atoms with Gasteiger partial charge in [0.25, 0.3) is 0 Å². The van der Waals surface area contributed by atoms with Crippen LogP contribution in [-0.2, 0) is 13.0 Å². The summed E-state index contributed by atoms with van der Waals surface area (Å²) in [5, 5.41) is 2.21. The number of thiophene rings is 2. The third-order valence-corrected chi connectivity index (χ3v) is 5.72. The Morgan fingerprint density at radius 3 is 3.00 bits per heavy atom. The number of hydrogen-bond donors (Lipinski definition) is 1. The van der Waals surface area contributed by atoms with Crippen molar-refractivity contribution >= 4 is 22.7 Å². The molecule has 0 bridgehead atoms. The lowest BCUT2D eigenvalue weighted by Gasteiger charge is -2.33. The van der Waals surface area contributed by atoms with E-state index in [4.69, 9.17) is 5.73 Å². The second-order valence-corrected chi connectivity index (χ2v) is 7.11. The van der Waals surface area contributed by atoms with Crippen molar-refractivity contribution in [2.75, 3.05) is 13.1 Å². The maximum atomic E-state index is 6.01. The van der Waals surface area contributed by atoms with Crippen molar-refractivity contribution in [2.45, 2.75) is 25.9 Å². The summed E-state index contributed by atoms with van der Waals surface area (Å²) in [6.07, 6.45) is 1.17. The van der Waals surface area contributed by atoms with Gasteiger partial charge < -0.3 is 5.73 Å². The van der Waals surface area contributed by atoms with Gasteiger partial charge in [-0.05, 0) is 42.5 Å². The van der Waals surface area contributed by atoms with Gasteiger partial charge in [-0.25, -0.2) is 0 Å². The van der Waals surface area contributed by atoms with Crippen LogP contribution in [-0.4, -0.2) is 18.0 Å². The molecule has 3 rings (SSSR count). The molecule has 2 N–H and O–H groups in total. The summed E-state index contributed by atoms with van der Waals surface area (Å²) >= 11 is 3.77. The Morgan fingerprint density at radius 2 is 2.28 bits per heavy atom. The molecule has 1 aliphatic rings. The Hall–Kier alpha value is -0.680. The zero-order valence-corrected chi connectivity index (χ0v) is 12.2. The Bertz CT molecular complexity index is 529. The molecular formula is C14H18N2S2. The summed E-state index contributed by atoms with van der Waals surface area (Å²) in [5.74, 6) is 0. The van der Waals surface area contributed by atoms with Gasteiger partial charge in [0.2, 0.25) is 0 Å². The zero-order valence-electron chi connectivity index (χ0n) is 10.6. The molecule has 0 radical (unpaired) electrons. The first-order chi connectivity index (χ1) is 8.78. The summed E-state index contributed by atoms with van der Waals surface area (Å²) in [5.41, 5.74) is 7.51. The molecule has 96 valence electrons. The molecule has 2 aromatic heterocycles. The van der Waals surface area contributed by atoms with Crippen molar-refractivity contribution < 1.29 is 0 Å². The van der Waals surface area contributed by atoms with Crippen molar-refractivity contribution in [2.24, 2.45) is 5.73 Å². The van der Waals surface area contributed by atoms with Crippen molar-refractivity contribution in [3.05, 3.63) is 43.8 Å². The minimum absolute atomic E-state index is 0.386. The van der Waals surface area contributed by atoms with Crippen molar-refractivity contribution in [1.82, 2.24) is 4.90 Å². The van der Waals surface area contributed by atoms with Crippen molar-refractivity contribution in [3.63, 3.8) is 0 Å². The summed E-state index contributed by atoms with van der Waals surface area (Å²) in [4.78, 5) is 6.87. The van der Waals surface area contributed by atoms with Gasteiger partial charge in [-0.3, -0.25) is 4.90 Å². The van der Waals surface area contributed by atoms with E-state index in [2.05, 4.69) is 35.4 Å². The highest BCUT2D eigenvalue weighted by Gasteiger charge is 2.25. The van der Waals surface area contributed by atoms with E-state index < -0.39 is 0 Å². The van der Waals surface area contributed by atoms with Crippen LogP contribution in [0.1, 0.15) is 26.2 Å². The van der Waals surface area contributed by atoms with Crippen LogP contribution in [0, 0.1) is 6.92 Å². The van der Waals surface area contributed by atoms with Gasteiger partial charge in [0.1, 0.15) is 0 Å². The molecule has 0 amide bonds. The molecule has 0 aromatic carbocycles. The van der Waals surface area contributed by atoms with Crippen LogP contribution in [0.25, 0.3) is 0 Å². The highest BCUT2D eigenvalue weighted by atomic mass is 32.1. The molecular weight excluding hydrogens is 260 g/mol. The van der Waals surface area contributed by atoms with E-state index in [1.807, 2.05) is 22.7 Å². The average Bonchev–Trinajstić information content (AvgIpc) is 2.99. The predicted molar refractivity (Wildman–Crippen MR) is 79.3 cm³/mol. The predicted octanol–water partition coefficient (Wildman–Crippen LogP) is 3.18. The van der Waals surface area contributed by atoms with Crippen LogP contribution in [0.4, 0.5) is 0 Å². The van der Waals surface area contributed by atoms with E-state index in [1.165, 1.54) is 21.7 Å². The van der Waals surface area contributed by atoms with Gasteiger partial charge >= 0.3 is 0 Å². The minimum Gasteiger partial charge on any atom is -0.329 e. The smallest absolute Gasteiger partial charge is 0.0567 e. The van der Waals surface area contributed by atoms with E-state index in [-0.39, 0.29) is 0 Å². The van der Waals surface area contributed by atoms with Gasteiger partial charge in [-0.2, -0.15) is 0 Å². The fraction of sp³-hybridized carbons (Fsp3) is 0.429. The van der Waals surface area contributed by atoms with Crippen LogP contribution >= 0.6 is 22.7 Å². The van der Waals surface area contributed by atoms with Crippen molar-refractivity contribution in [1.29, 1.82) is 0 Å². The van der Waals surface area contributed by atoms with Gasteiger partial charge in [0.05, 0.1) is 6.04 Å². The lowest BCUT2D eigenvalue weighted by atomic mass is 10.1. The Balaban J connectivity index is 1.82. The molecule has 0 saturated heterocycles. The number of rotatable bonds is 3. The summed E-state index contributed by atoms with van der Waals surface area (Å²) in [6, 6.07) is 7.08. The van der Waals surface area contributed by atoms with Crippen LogP contribution in [0.3, 0.4) is 0 Å². The van der Waals surface area contributed by atoms with Crippen LogP contribution < -0.4 is 5.73 Å². The first kappa shape index (κ1) is 12.4. The molecule has 2 nitrogen and oxygen atoms in total. The quantitative estimate of drug-likeness (QED) is 0.934. The fourth-order valence-electron chi connectivity index (χ4n) is 2.61. The standard InChI is InChI=1S/C14H18N2S2/c1-10-2-3-14(18-10)12(8-15)16-6-4-13-11(9-16)5-7-17-13/h2-3,5,7,12H,4,6,8-9,15H2,1H3. The van der Waals surface area contributed by atoms with Gasteiger partial charge in [0, 0.05) is 34.3 Å². The zero-order chi connectivity index (χ0) is 12.5. The third kappa shape index (κ3) is 2.26. The SMILES string of the molecule is Cc1ccc(C(CN)N2CCc3sccc3C2)s1. The van der Waals surface area contributed by atoms with Gasteiger partial charge in [-0.15, -0.1) is 22.7 Å².